The largest absolute Gasteiger partial charge is 0.378 e. The first-order valence-corrected chi connectivity index (χ1v) is 9.18. The second-order valence-corrected chi connectivity index (χ2v) is 7.12. The third-order valence-electron chi connectivity index (χ3n) is 4.68. The molecule has 0 spiro atoms. The molecule has 0 amide bonds. The normalized spacial score (nSPS) is 11.9. The molecule has 0 saturated heterocycles. The van der Waals surface area contributed by atoms with E-state index in [1.54, 1.807) is 0 Å². The van der Waals surface area contributed by atoms with Gasteiger partial charge in [-0.2, -0.15) is 0 Å². The highest BCUT2D eigenvalue weighted by molar-refractivity contribution is 6.30. The van der Waals surface area contributed by atoms with E-state index >= 15 is 0 Å². The Kier molecular flexibility index (Phi) is 5.92. The number of halogens is 2. The summed E-state index contributed by atoms with van der Waals surface area (Å²) < 4.78 is 13.1. The number of benzene rings is 3. The van der Waals surface area contributed by atoms with E-state index in [1.165, 1.54) is 35.4 Å². The molecule has 27 heavy (non-hydrogen) atoms. The molecule has 0 heterocycles. The van der Waals surface area contributed by atoms with E-state index < -0.39 is 0 Å². The molecule has 0 bridgehead atoms. The molecule has 4 heteroatoms. The first-order valence-electron chi connectivity index (χ1n) is 8.80. The molecule has 0 radical (unpaired) electrons. The van der Waals surface area contributed by atoms with Crippen molar-refractivity contribution in [2.75, 3.05) is 5.32 Å². The van der Waals surface area contributed by atoms with Crippen LogP contribution in [0.4, 0.5) is 10.1 Å². The summed E-state index contributed by atoms with van der Waals surface area (Å²) in [5, 5.41) is 4.10. The Bertz CT molecular complexity index is 936. The topological polar surface area (TPSA) is 29.1 Å². The number of Topliss-reactive ketones (excluding diaryl/α,β-unsaturated/α-hetero) is 1. The quantitative estimate of drug-likeness (QED) is 0.492. The SMILES string of the molecule is Cc1ccc(NC(CC(=O)c2ccc(F)cc2)c2ccc(Cl)cc2)cc1C. The van der Waals surface area contributed by atoms with E-state index in [0.717, 1.165) is 11.3 Å². The maximum Gasteiger partial charge on any atom is 0.165 e. The molecule has 0 aliphatic rings. The van der Waals surface area contributed by atoms with Gasteiger partial charge in [0.05, 0.1) is 6.04 Å². The third-order valence-corrected chi connectivity index (χ3v) is 4.93. The molecule has 2 nitrogen and oxygen atoms in total. The molecular weight excluding hydrogens is 361 g/mol. The minimum absolute atomic E-state index is 0.0497. The Labute approximate surface area is 164 Å². The Morgan fingerprint density at radius 1 is 0.963 bits per heavy atom. The lowest BCUT2D eigenvalue weighted by atomic mass is 9.97. The molecule has 3 aromatic carbocycles. The van der Waals surface area contributed by atoms with Gasteiger partial charge in [0.1, 0.15) is 5.82 Å². The van der Waals surface area contributed by atoms with Gasteiger partial charge in [-0.3, -0.25) is 4.79 Å². The summed E-state index contributed by atoms with van der Waals surface area (Å²) in [5.41, 5.74) is 4.81. The Hall–Kier alpha value is -2.65. The molecule has 1 unspecified atom stereocenters. The Balaban J connectivity index is 1.86. The highest BCUT2D eigenvalue weighted by Gasteiger charge is 2.18. The standard InChI is InChI=1S/C23H21ClFNO/c1-15-3-12-21(13-16(15)2)26-22(17-4-8-19(24)9-5-17)14-23(27)18-6-10-20(25)11-7-18/h3-13,22,26H,14H2,1-2H3. The van der Waals surface area contributed by atoms with Gasteiger partial charge in [-0.1, -0.05) is 29.8 Å². The predicted octanol–water partition coefficient (Wildman–Crippen LogP) is 6.52. The van der Waals surface area contributed by atoms with Crippen LogP contribution < -0.4 is 5.32 Å². The average Bonchev–Trinajstić information content (AvgIpc) is 2.65. The molecule has 3 rings (SSSR count). The summed E-state index contributed by atoms with van der Waals surface area (Å²) in [6.07, 6.45) is 0.250. The summed E-state index contributed by atoms with van der Waals surface area (Å²) in [7, 11) is 0. The zero-order chi connectivity index (χ0) is 19.4. The van der Waals surface area contributed by atoms with Gasteiger partial charge in [0, 0.05) is 22.7 Å². The highest BCUT2D eigenvalue weighted by Crippen LogP contribution is 2.27. The van der Waals surface area contributed by atoms with Crippen LogP contribution in [0.1, 0.15) is 39.5 Å². The van der Waals surface area contributed by atoms with E-state index in [-0.39, 0.29) is 24.1 Å². The van der Waals surface area contributed by atoms with Gasteiger partial charge in [0.2, 0.25) is 0 Å². The molecule has 0 aliphatic carbocycles. The zero-order valence-corrected chi connectivity index (χ0v) is 16.1. The van der Waals surface area contributed by atoms with Crippen molar-refractivity contribution >= 4 is 23.1 Å². The molecule has 1 atom stereocenters. The van der Waals surface area contributed by atoms with Crippen LogP contribution in [0.5, 0.6) is 0 Å². The van der Waals surface area contributed by atoms with Crippen LogP contribution in [0.15, 0.2) is 66.7 Å². The van der Waals surface area contributed by atoms with Crippen LogP contribution >= 0.6 is 11.6 Å². The van der Waals surface area contributed by atoms with E-state index in [0.29, 0.717) is 10.6 Å². The maximum atomic E-state index is 13.1. The van der Waals surface area contributed by atoms with Gasteiger partial charge in [-0.25, -0.2) is 4.39 Å². The molecule has 0 saturated carbocycles. The lowest BCUT2D eigenvalue weighted by molar-refractivity contribution is 0.0976. The van der Waals surface area contributed by atoms with Crippen molar-refractivity contribution in [1.82, 2.24) is 0 Å². The lowest BCUT2D eigenvalue weighted by Gasteiger charge is -2.21. The van der Waals surface area contributed by atoms with Crippen molar-refractivity contribution in [3.05, 3.63) is 99.8 Å². The fraction of sp³-hybridized carbons (Fsp3) is 0.174. The van der Waals surface area contributed by atoms with Crippen molar-refractivity contribution in [2.45, 2.75) is 26.3 Å². The zero-order valence-electron chi connectivity index (χ0n) is 15.3. The lowest BCUT2D eigenvalue weighted by Crippen LogP contribution is -2.16. The molecule has 3 aromatic rings. The second kappa shape index (κ2) is 8.36. The van der Waals surface area contributed by atoms with Crippen molar-refractivity contribution in [3.8, 4) is 0 Å². The van der Waals surface area contributed by atoms with Crippen molar-refractivity contribution in [1.29, 1.82) is 0 Å². The first-order chi connectivity index (χ1) is 12.9. The van der Waals surface area contributed by atoms with Crippen LogP contribution in [0.25, 0.3) is 0 Å². The van der Waals surface area contributed by atoms with E-state index in [4.69, 9.17) is 11.6 Å². The van der Waals surface area contributed by atoms with Crippen LogP contribution in [0.2, 0.25) is 5.02 Å². The molecule has 0 fully saturated rings. The number of nitrogens with one attached hydrogen (secondary N) is 1. The van der Waals surface area contributed by atoms with Gasteiger partial charge in [-0.05, 0) is 79.1 Å². The maximum absolute atomic E-state index is 13.1. The van der Waals surface area contributed by atoms with Crippen LogP contribution in [-0.4, -0.2) is 5.78 Å². The smallest absolute Gasteiger partial charge is 0.165 e. The van der Waals surface area contributed by atoms with Gasteiger partial charge in [0.15, 0.2) is 5.78 Å². The summed E-state index contributed by atoms with van der Waals surface area (Å²) in [6.45, 7) is 4.12. The molecule has 0 aliphatic heterocycles. The van der Waals surface area contributed by atoms with Crippen LogP contribution in [0.3, 0.4) is 0 Å². The summed E-state index contributed by atoms with van der Waals surface area (Å²) in [6, 6.07) is 19.0. The number of hydrogen-bond donors (Lipinski definition) is 1. The average molecular weight is 382 g/mol. The van der Waals surface area contributed by atoms with Gasteiger partial charge in [0.25, 0.3) is 0 Å². The fourth-order valence-electron chi connectivity index (χ4n) is 2.92. The van der Waals surface area contributed by atoms with E-state index in [2.05, 4.69) is 31.3 Å². The van der Waals surface area contributed by atoms with Crippen LogP contribution in [-0.2, 0) is 0 Å². The van der Waals surface area contributed by atoms with E-state index in [1.807, 2.05) is 30.3 Å². The van der Waals surface area contributed by atoms with Crippen LogP contribution in [0, 0.1) is 19.7 Å². The van der Waals surface area contributed by atoms with Gasteiger partial charge < -0.3 is 5.32 Å². The minimum Gasteiger partial charge on any atom is -0.378 e. The highest BCUT2D eigenvalue weighted by atomic mass is 35.5. The first kappa shape index (κ1) is 19.1. The monoisotopic (exact) mass is 381 g/mol. The number of rotatable bonds is 6. The number of hydrogen-bond acceptors (Lipinski definition) is 2. The summed E-state index contributed by atoms with van der Waals surface area (Å²) >= 11 is 6.01. The number of ketones is 1. The predicted molar refractivity (Wildman–Crippen MR) is 109 cm³/mol. The van der Waals surface area contributed by atoms with Crippen molar-refractivity contribution in [2.24, 2.45) is 0 Å². The molecule has 138 valence electrons. The number of anilines is 1. The summed E-state index contributed by atoms with van der Waals surface area (Å²) in [5.74, 6) is -0.402. The Morgan fingerprint density at radius 2 is 1.63 bits per heavy atom. The Morgan fingerprint density at radius 3 is 2.26 bits per heavy atom. The number of carbonyl (C=O) groups excluding carboxylic acids is 1. The van der Waals surface area contributed by atoms with Crippen molar-refractivity contribution < 1.29 is 9.18 Å². The fourth-order valence-corrected chi connectivity index (χ4v) is 3.04. The molecular formula is C23H21ClFNO. The number of carbonyl (C=O) groups is 1. The van der Waals surface area contributed by atoms with E-state index in [9.17, 15) is 9.18 Å². The third kappa shape index (κ3) is 4.95. The van der Waals surface area contributed by atoms with Crippen molar-refractivity contribution in [3.63, 3.8) is 0 Å². The van der Waals surface area contributed by atoms with Gasteiger partial charge in [-0.15, -0.1) is 0 Å². The number of aryl methyl sites for hydroxylation is 2. The minimum atomic E-state index is -0.353. The molecule has 1 N–H and O–H groups in total. The second-order valence-electron chi connectivity index (χ2n) is 6.68. The summed E-state index contributed by atoms with van der Waals surface area (Å²) in [4.78, 5) is 12.7. The molecule has 0 aromatic heterocycles. The van der Waals surface area contributed by atoms with Gasteiger partial charge >= 0.3 is 0 Å².